The Balaban J connectivity index is 1.68. The van der Waals surface area contributed by atoms with Gasteiger partial charge in [-0.1, -0.05) is 0 Å². The van der Waals surface area contributed by atoms with Crippen LogP contribution >= 0.6 is 0 Å². The molecule has 10 heteroatoms. The van der Waals surface area contributed by atoms with E-state index in [-0.39, 0.29) is 17.1 Å². The first-order chi connectivity index (χ1) is 12.5. The summed E-state index contributed by atoms with van der Waals surface area (Å²) in [5, 5.41) is 10.7. The van der Waals surface area contributed by atoms with E-state index in [0.717, 1.165) is 43.9 Å². The largest absolute Gasteiger partial charge is 0.357 e. The fourth-order valence-electron chi connectivity index (χ4n) is 2.76. The van der Waals surface area contributed by atoms with Crippen molar-refractivity contribution < 1.29 is 13.3 Å². The second-order valence-electron chi connectivity index (χ2n) is 5.95. The Hall–Kier alpha value is -2.59. The van der Waals surface area contributed by atoms with Crippen LogP contribution in [-0.4, -0.2) is 36.4 Å². The van der Waals surface area contributed by atoms with E-state index in [1.54, 1.807) is 6.20 Å². The highest BCUT2D eigenvalue weighted by atomic mass is 32.2. The molecule has 1 aliphatic rings. The van der Waals surface area contributed by atoms with Crippen LogP contribution in [0.25, 0.3) is 0 Å². The fraction of sp³-hybridized carbons (Fsp3) is 0.375. The van der Waals surface area contributed by atoms with Crippen LogP contribution in [0.4, 0.5) is 11.5 Å². The molecule has 0 aliphatic carbocycles. The molecule has 1 fully saturated rings. The zero-order valence-electron chi connectivity index (χ0n) is 14.0. The second kappa shape index (κ2) is 7.75. The summed E-state index contributed by atoms with van der Waals surface area (Å²) in [6.45, 7) is 1.82. The molecule has 3 rings (SSSR count). The van der Waals surface area contributed by atoms with E-state index in [2.05, 4.69) is 19.6 Å². The molecule has 9 nitrogen and oxygen atoms in total. The average Bonchev–Trinajstić information content (AvgIpc) is 2.67. The van der Waals surface area contributed by atoms with Crippen LogP contribution in [0.1, 0.15) is 25.1 Å². The van der Waals surface area contributed by atoms with Gasteiger partial charge in [0, 0.05) is 31.4 Å². The zero-order valence-corrected chi connectivity index (χ0v) is 14.9. The molecule has 26 heavy (non-hydrogen) atoms. The summed E-state index contributed by atoms with van der Waals surface area (Å²) in [5.41, 5.74) is -0.165. The average molecular weight is 377 g/mol. The summed E-state index contributed by atoms with van der Waals surface area (Å²) >= 11 is 0. The fourth-order valence-corrected chi connectivity index (χ4v) is 3.74. The van der Waals surface area contributed by atoms with Crippen LogP contribution in [0.3, 0.4) is 0 Å². The highest BCUT2D eigenvalue weighted by Gasteiger charge is 2.17. The number of sulfonamides is 1. The van der Waals surface area contributed by atoms with Gasteiger partial charge in [-0.2, -0.15) is 0 Å². The van der Waals surface area contributed by atoms with Crippen molar-refractivity contribution in [2.45, 2.75) is 30.7 Å². The van der Waals surface area contributed by atoms with E-state index in [9.17, 15) is 18.5 Å². The van der Waals surface area contributed by atoms with Crippen molar-refractivity contribution >= 4 is 21.5 Å². The van der Waals surface area contributed by atoms with E-state index in [4.69, 9.17) is 0 Å². The van der Waals surface area contributed by atoms with Crippen LogP contribution in [0.2, 0.25) is 0 Å². The first-order valence-electron chi connectivity index (χ1n) is 8.27. The van der Waals surface area contributed by atoms with Gasteiger partial charge in [-0.15, -0.1) is 0 Å². The summed E-state index contributed by atoms with van der Waals surface area (Å²) in [7, 11) is -3.80. The summed E-state index contributed by atoms with van der Waals surface area (Å²) in [6.07, 6.45) is 5.06. The molecule has 2 aromatic rings. The molecule has 138 valence electrons. The van der Waals surface area contributed by atoms with Gasteiger partial charge in [0.05, 0.1) is 16.4 Å². The van der Waals surface area contributed by atoms with E-state index < -0.39 is 14.9 Å². The minimum atomic E-state index is -3.80. The summed E-state index contributed by atoms with van der Waals surface area (Å²) in [6, 6.07) is 6.53. The van der Waals surface area contributed by atoms with Crippen LogP contribution < -0.4 is 9.62 Å². The predicted octanol–water partition coefficient (Wildman–Crippen LogP) is 1.85. The Kier molecular flexibility index (Phi) is 5.43. The third-order valence-corrected chi connectivity index (χ3v) is 5.57. The van der Waals surface area contributed by atoms with E-state index in [1.807, 2.05) is 6.07 Å². The molecule has 0 unspecified atom stereocenters. The molecule has 0 saturated carbocycles. The van der Waals surface area contributed by atoms with Crippen LogP contribution in [0.5, 0.6) is 0 Å². The van der Waals surface area contributed by atoms with Gasteiger partial charge in [-0.3, -0.25) is 10.1 Å². The predicted molar refractivity (Wildman–Crippen MR) is 95.2 cm³/mol. The van der Waals surface area contributed by atoms with Gasteiger partial charge >= 0.3 is 0 Å². The summed E-state index contributed by atoms with van der Waals surface area (Å²) < 4.78 is 27.1. The minimum Gasteiger partial charge on any atom is -0.357 e. The number of non-ortho nitro benzene ring substituents is 1. The van der Waals surface area contributed by atoms with Crippen molar-refractivity contribution in [2.75, 3.05) is 18.0 Å². The number of nitrogens with one attached hydrogen (secondary N) is 1. The topological polar surface area (TPSA) is 118 Å². The molecule has 1 aromatic heterocycles. The van der Waals surface area contributed by atoms with Gasteiger partial charge < -0.3 is 4.90 Å². The molecule has 0 radical (unpaired) electrons. The number of nitro groups is 1. The SMILES string of the molecule is O=[N+]([O-])c1ccc(S(=O)(=O)NCc2nccc(N3CCCCC3)n2)cc1. The van der Waals surface area contributed by atoms with Crippen molar-refractivity contribution in [1.82, 2.24) is 14.7 Å². The first-order valence-corrected chi connectivity index (χ1v) is 9.75. The lowest BCUT2D eigenvalue weighted by Crippen LogP contribution is -2.31. The molecule has 1 N–H and O–H groups in total. The van der Waals surface area contributed by atoms with Crippen molar-refractivity contribution in [3.63, 3.8) is 0 Å². The number of anilines is 1. The van der Waals surface area contributed by atoms with Gasteiger partial charge in [-0.05, 0) is 37.5 Å². The number of hydrogen-bond acceptors (Lipinski definition) is 7. The van der Waals surface area contributed by atoms with Gasteiger partial charge in [-0.25, -0.2) is 23.1 Å². The lowest BCUT2D eigenvalue weighted by atomic mass is 10.1. The van der Waals surface area contributed by atoms with Crippen molar-refractivity contribution in [2.24, 2.45) is 0 Å². The Morgan fingerprint density at radius 2 is 1.81 bits per heavy atom. The maximum Gasteiger partial charge on any atom is 0.269 e. The Morgan fingerprint density at radius 3 is 2.46 bits per heavy atom. The maximum absolute atomic E-state index is 12.3. The van der Waals surface area contributed by atoms with Crippen molar-refractivity contribution in [3.8, 4) is 0 Å². The monoisotopic (exact) mass is 377 g/mol. The lowest BCUT2D eigenvalue weighted by Gasteiger charge is -2.27. The lowest BCUT2D eigenvalue weighted by molar-refractivity contribution is -0.384. The number of nitrogens with zero attached hydrogens (tertiary/aromatic N) is 4. The third-order valence-electron chi connectivity index (χ3n) is 4.15. The van der Waals surface area contributed by atoms with Gasteiger partial charge in [0.15, 0.2) is 0 Å². The summed E-state index contributed by atoms with van der Waals surface area (Å²) in [5.74, 6) is 1.17. The molecule has 0 amide bonds. The van der Waals surface area contributed by atoms with Crippen LogP contribution in [0, 0.1) is 10.1 Å². The van der Waals surface area contributed by atoms with Gasteiger partial charge in [0.2, 0.25) is 10.0 Å². The highest BCUT2D eigenvalue weighted by molar-refractivity contribution is 7.89. The zero-order chi connectivity index (χ0) is 18.6. The molecule has 0 bridgehead atoms. The van der Waals surface area contributed by atoms with Gasteiger partial charge in [0.25, 0.3) is 5.69 Å². The van der Waals surface area contributed by atoms with E-state index >= 15 is 0 Å². The molecule has 0 atom stereocenters. The van der Waals surface area contributed by atoms with Gasteiger partial charge in [0.1, 0.15) is 11.6 Å². The maximum atomic E-state index is 12.3. The molecular weight excluding hydrogens is 358 g/mol. The van der Waals surface area contributed by atoms with Crippen molar-refractivity contribution in [3.05, 3.63) is 52.5 Å². The molecule has 0 spiro atoms. The minimum absolute atomic E-state index is 0.0460. The Morgan fingerprint density at radius 1 is 1.12 bits per heavy atom. The van der Waals surface area contributed by atoms with E-state index in [1.165, 1.54) is 18.6 Å². The molecule has 1 aromatic carbocycles. The number of nitro benzene ring substituents is 1. The number of rotatable bonds is 6. The third kappa shape index (κ3) is 4.33. The number of hydrogen-bond donors (Lipinski definition) is 1. The molecular formula is C16H19N5O4S. The van der Waals surface area contributed by atoms with E-state index in [0.29, 0.717) is 5.82 Å². The Bertz CT molecular complexity index is 880. The van der Waals surface area contributed by atoms with Crippen LogP contribution in [-0.2, 0) is 16.6 Å². The summed E-state index contributed by atoms with van der Waals surface area (Å²) in [4.78, 5) is 20.7. The van der Waals surface area contributed by atoms with Crippen LogP contribution in [0.15, 0.2) is 41.4 Å². The smallest absolute Gasteiger partial charge is 0.269 e. The number of aromatic nitrogens is 2. The molecule has 1 saturated heterocycles. The first kappa shape index (κ1) is 18.2. The standard InChI is InChI=1S/C16H19N5O4S/c22-21(23)13-4-6-14(7-5-13)26(24,25)18-12-15-17-9-8-16(19-15)20-10-2-1-3-11-20/h4-9,18H,1-3,10-12H2. The van der Waals surface area contributed by atoms with Crippen molar-refractivity contribution in [1.29, 1.82) is 0 Å². The molecule has 2 heterocycles. The highest BCUT2D eigenvalue weighted by Crippen LogP contribution is 2.18. The number of benzene rings is 1. The second-order valence-corrected chi connectivity index (χ2v) is 7.72. The normalized spacial score (nSPS) is 15.0. The Labute approximate surface area is 151 Å². The number of piperidine rings is 1. The quantitative estimate of drug-likeness (QED) is 0.603. The molecule has 1 aliphatic heterocycles.